The van der Waals surface area contributed by atoms with Crippen LogP contribution in [0.1, 0.15) is 37.4 Å². The molecule has 0 aromatic carbocycles. The van der Waals surface area contributed by atoms with Gasteiger partial charge in [-0.15, -0.1) is 0 Å². The summed E-state index contributed by atoms with van der Waals surface area (Å²) in [4.78, 5) is 8.64. The average Bonchev–Trinajstić information content (AvgIpc) is 2.95. The van der Waals surface area contributed by atoms with Crippen LogP contribution in [0.25, 0.3) is 0 Å². The number of halogens is 1. The first-order chi connectivity index (χ1) is 7.20. The predicted octanol–water partition coefficient (Wildman–Crippen LogP) is 2.93. The molecule has 1 fully saturated rings. The second-order valence-electron chi connectivity index (χ2n) is 3.90. The SMILES string of the molecule is CCOC(c1nc(C)cc(Cl)n1)C1CC1. The molecule has 0 amide bonds. The monoisotopic (exact) mass is 226 g/mol. The van der Waals surface area contributed by atoms with Crippen molar-refractivity contribution in [3.63, 3.8) is 0 Å². The standard InChI is InChI=1S/C11H15ClN2O/c1-3-15-10(8-4-5-8)11-13-7(2)6-9(12)14-11/h6,8,10H,3-5H2,1-2H3. The van der Waals surface area contributed by atoms with E-state index in [0.29, 0.717) is 17.7 Å². The summed E-state index contributed by atoms with van der Waals surface area (Å²) in [6.07, 6.45) is 2.45. The lowest BCUT2D eigenvalue weighted by atomic mass is 10.2. The molecular formula is C11H15ClN2O. The fourth-order valence-corrected chi connectivity index (χ4v) is 1.92. The Balaban J connectivity index is 2.24. The van der Waals surface area contributed by atoms with Crippen LogP contribution in [0.15, 0.2) is 6.07 Å². The van der Waals surface area contributed by atoms with Gasteiger partial charge in [0, 0.05) is 12.3 Å². The number of ether oxygens (including phenoxy) is 1. The zero-order valence-electron chi connectivity index (χ0n) is 9.03. The summed E-state index contributed by atoms with van der Waals surface area (Å²) in [5.74, 6) is 1.33. The van der Waals surface area contributed by atoms with Crippen molar-refractivity contribution in [3.05, 3.63) is 22.7 Å². The molecule has 15 heavy (non-hydrogen) atoms. The van der Waals surface area contributed by atoms with Crippen LogP contribution in [0, 0.1) is 12.8 Å². The maximum atomic E-state index is 5.91. The van der Waals surface area contributed by atoms with Crippen LogP contribution < -0.4 is 0 Å². The Morgan fingerprint density at radius 3 is 2.80 bits per heavy atom. The van der Waals surface area contributed by atoms with Gasteiger partial charge in [0.2, 0.25) is 0 Å². The molecule has 0 saturated heterocycles. The van der Waals surface area contributed by atoms with E-state index in [1.807, 2.05) is 13.8 Å². The first-order valence-electron chi connectivity index (χ1n) is 5.33. The van der Waals surface area contributed by atoms with E-state index in [2.05, 4.69) is 9.97 Å². The van der Waals surface area contributed by atoms with Gasteiger partial charge in [0.15, 0.2) is 5.82 Å². The van der Waals surface area contributed by atoms with E-state index in [-0.39, 0.29) is 6.10 Å². The van der Waals surface area contributed by atoms with Gasteiger partial charge in [-0.25, -0.2) is 9.97 Å². The van der Waals surface area contributed by atoms with Gasteiger partial charge in [0.25, 0.3) is 0 Å². The molecule has 2 rings (SSSR count). The summed E-state index contributed by atoms with van der Waals surface area (Å²) < 4.78 is 5.68. The number of nitrogens with zero attached hydrogens (tertiary/aromatic N) is 2. The summed E-state index contributed by atoms with van der Waals surface area (Å²) in [7, 11) is 0. The zero-order chi connectivity index (χ0) is 10.8. The highest BCUT2D eigenvalue weighted by molar-refractivity contribution is 6.29. The second kappa shape index (κ2) is 4.45. The number of rotatable bonds is 4. The van der Waals surface area contributed by atoms with Crippen molar-refractivity contribution in [2.24, 2.45) is 5.92 Å². The molecule has 1 atom stereocenters. The molecule has 0 N–H and O–H groups in total. The van der Waals surface area contributed by atoms with E-state index in [1.165, 1.54) is 12.8 Å². The molecule has 0 aliphatic heterocycles. The molecule has 1 aromatic heterocycles. The van der Waals surface area contributed by atoms with Gasteiger partial charge >= 0.3 is 0 Å². The Labute approximate surface area is 94.8 Å². The van der Waals surface area contributed by atoms with Gasteiger partial charge in [0.1, 0.15) is 11.3 Å². The molecule has 1 aromatic rings. The van der Waals surface area contributed by atoms with Crippen molar-refractivity contribution < 1.29 is 4.74 Å². The number of aryl methyl sites for hydroxylation is 1. The topological polar surface area (TPSA) is 35.0 Å². The van der Waals surface area contributed by atoms with Crippen LogP contribution >= 0.6 is 11.6 Å². The highest BCUT2D eigenvalue weighted by atomic mass is 35.5. The Kier molecular flexibility index (Phi) is 3.22. The normalized spacial score (nSPS) is 17.8. The van der Waals surface area contributed by atoms with Gasteiger partial charge in [-0.3, -0.25) is 0 Å². The van der Waals surface area contributed by atoms with Crippen molar-refractivity contribution in [3.8, 4) is 0 Å². The first-order valence-corrected chi connectivity index (χ1v) is 5.71. The van der Waals surface area contributed by atoms with Gasteiger partial charge in [-0.2, -0.15) is 0 Å². The van der Waals surface area contributed by atoms with Crippen molar-refractivity contribution >= 4 is 11.6 Å². The third-order valence-corrected chi connectivity index (χ3v) is 2.68. The van der Waals surface area contributed by atoms with Crippen LogP contribution in [0.4, 0.5) is 0 Å². The van der Waals surface area contributed by atoms with E-state index in [1.54, 1.807) is 6.07 Å². The van der Waals surface area contributed by atoms with E-state index >= 15 is 0 Å². The van der Waals surface area contributed by atoms with Crippen LogP contribution in [-0.4, -0.2) is 16.6 Å². The van der Waals surface area contributed by atoms with Crippen LogP contribution in [0.2, 0.25) is 5.15 Å². The first kappa shape index (κ1) is 10.8. The second-order valence-corrected chi connectivity index (χ2v) is 4.29. The lowest BCUT2D eigenvalue weighted by Gasteiger charge is -2.15. The smallest absolute Gasteiger partial charge is 0.159 e. The summed E-state index contributed by atoms with van der Waals surface area (Å²) >= 11 is 5.91. The minimum absolute atomic E-state index is 0.0346. The van der Waals surface area contributed by atoms with E-state index in [4.69, 9.17) is 16.3 Å². The zero-order valence-corrected chi connectivity index (χ0v) is 9.79. The Morgan fingerprint density at radius 1 is 1.53 bits per heavy atom. The quantitative estimate of drug-likeness (QED) is 0.741. The molecule has 1 aliphatic carbocycles. The fourth-order valence-electron chi connectivity index (χ4n) is 1.68. The number of aromatic nitrogens is 2. The molecule has 1 unspecified atom stereocenters. The largest absolute Gasteiger partial charge is 0.370 e. The van der Waals surface area contributed by atoms with Crippen molar-refractivity contribution in [2.45, 2.75) is 32.8 Å². The summed E-state index contributed by atoms with van der Waals surface area (Å²) in [6.45, 7) is 4.61. The van der Waals surface area contributed by atoms with Crippen molar-refractivity contribution in [2.75, 3.05) is 6.61 Å². The molecule has 3 nitrogen and oxygen atoms in total. The van der Waals surface area contributed by atoms with Crippen molar-refractivity contribution in [1.82, 2.24) is 9.97 Å². The maximum absolute atomic E-state index is 5.91. The van der Waals surface area contributed by atoms with E-state index in [0.717, 1.165) is 11.5 Å². The third-order valence-electron chi connectivity index (χ3n) is 2.49. The molecule has 82 valence electrons. The van der Waals surface area contributed by atoms with Crippen molar-refractivity contribution in [1.29, 1.82) is 0 Å². The number of hydrogen-bond acceptors (Lipinski definition) is 3. The fraction of sp³-hybridized carbons (Fsp3) is 0.636. The highest BCUT2D eigenvalue weighted by Gasteiger charge is 2.35. The van der Waals surface area contributed by atoms with Gasteiger partial charge < -0.3 is 4.74 Å². The third kappa shape index (κ3) is 2.67. The minimum atomic E-state index is 0.0346. The van der Waals surface area contributed by atoms with Crippen LogP contribution in [-0.2, 0) is 4.74 Å². The number of hydrogen-bond donors (Lipinski definition) is 0. The van der Waals surface area contributed by atoms with Gasteiger partial charge in [0.05, 0.1) is 0 Å². The highest BCUT2D eigenvalue weighted by Crippen LogP contribution is 2.42. The molecule has 0 bridgehead atoms. The molecular weight excluding hydrogens is 212 g/mol. The Hall–Kier alpha value is -0.670. The van der Waals surface area contributed by atoms with E-state index in [9.17, 15) is 0 Å². The maximum Gasteiger partial charge on any atom is 0.159 e. The molecule has 0 spiro atoms. The van der Waals surface area contributed by atoms with Crippen LogP contribution in [0.5, 0.6) is 0 Å². The summed E-state index contributed by atoms with van der Waals surface area (Å²) in [6, 6.07) is 1.76. The molecule has 1 aliphatic rings. The molecule has 1 saturated carbocycles. The van der Waals surface area contributed by atoms with Gasteiger partial charge in [-0.1, -0.05) is 11.6 Å². The Bertz CT molecular complexity index is 332. The molecule has 0 radical (unpaired) electrons. The lowest BCUT2D eigenvalue weighted by Crippen LogP contribution is -2.11. The Morgan fingerprint density at radius 2 is 2.27 bits per heavy atom. The minimum Gasteiger partial charge on any atom is -0.370 e. The summed E-state index contributed by atoms with van der Waals surface area (Å²) in [5.41, 5.74) is 0.898. The van der Waals surface area contributed by atoms with E-state index < -0.39 is 0 Å². The molecule has 1 heterocycles. The lowest BCUT2D eigenvalue weighted by molar-refractivity contribution is 0.0399. The average molecular weight is 227 g/mol. The summed E-state index contributed by atoms with van der Waals surface area (Å²) in [5, 5.41) is 0.503. The predicted molar refractivity (Wildman–Crippen MR) is 58.9 cm³/mol. The van der Waals surface area contributed by atoms with Crippen LogP contribution in [0.3, 0.4) is 0 Å². The van der Waals surface area contributed by atoms with Gasteiger partial charge in [-0.05, 0) is 38.7 Å². The molecule has 4 heteroatoms.